The lowest BCUT2D eigenvalue weighted by molar-refractivity contribution is 0.628. The number of hydrogen-bond donors (Lipinski definition) is 0. The van der Waals surface area contributed by atoms with Gasteiger partial charge in [0.15, 0.2) is 5.82 Å². The van der Waals surface area contributed by atoms with Crippen LogP contribution in [0.15, 0.2) is 48.8 Å². The molecule has 3 heterocycles. The van der Waals surface area contributed by atoms with Crippen LogP contribution in [0.3, 0.4) is 0 Å². The molecular weight excluding hydrogens is 289 g/mol. The zero-order valence-electron chi connectivity index (χ0n) is 10.6. The molecule has 4 aromatic rings. The number of benzene rings is 1. The van der Waals surface area contributed by atoms with Gasteiger partial charge in [0.1, 0.15) is 10.8 Å². The molecule has 7 heteroatoms. The molecule has 0 bridgehead atoms. The van der Waals surface area contributed by atoms with Crippen LogP contribution in [0.25, 0.3) is 26.9 Å². The van der Waals surface area contributed by atoms with Crippen LogP contribution < -0.4 is 0 Å². The average molecular weight is 297 g/mol. The first-order valence-corrected chi connectivity index (χ1v) is 7.01. The fourth-order valence-electron chi connectivity index (χ4n) is 2.00. The quantitative estimate of drug-likeness (QED) is 0.570. The molecule has 0 aliphatic carbocycles. The van der Waals surface area contributed by atoms with E-state index in [1.165, 1.54) is 23.5 Å². The lowest BCUT2D eigenvalue weighted by Gasteiger charge is -1.96. The Morgan fingerprint density at radius 1 is 1.00 bits per heavy atom. The minimum Gasteiger partial charge on any atom is -0.264 e. The number of rotatable bonds is 2. The van der Waals surface area contributed by atoms with E-state index in [1.54, 1.807) is 29.0 Å². The molecule has 1 aromatic carbocycles. The van der Waals surface area contributed by atoms with Crippen molar-refractivity contribution in [2.45, 2.75) is 0 Å². The van der Waals surface area contributed by atoms with E-state index in [0.717, 1.165) is 16.1 Å². The van der Waals surface area contributed by atoms with Gasteiger partial charge in [0, 0.05) is 23.5 Å². The molecule has 0 saturated carbocycles. The maximum atomic E-state index is 13.0. The van der Waals surface area contributed by atoms with E-state index >= 15 is 0 Å². The maximum Gasteiger partial charge on any atom is 0.235 e. The molecular formula is C14H8FN5S. The van der Waals surface area contributed by atoms with Crippen LogP contribution in [0.5, 0.6) is 0 Å². The van der Waals surface area contributed by atoms with Crippen molar-refractivity contribution in [3.05, 3.63) is 54.6 Å². The van der Waals surface area contributed by atoms with Crippen LogP contribution in [-0.2, 0) is 0 Å². The summed E-state index contributed by atoms with van der Waals surface area (Å²) in [5, 5.41) is 13.6. The standard InChI is InChI=1S/C14H8FN5S/c15-11-5-3-9(4-6-11)12-17-18-14-20(12)19-13(21-14)10-2-1-7-16-8-10/h1-8H. The van der Waals surface area contributed by atoms with Crippen molar-refractivity contribution in [3.63, 3.8) is 0 Å². The maximum absolute atomic E-state index is 13.0. The van der Waals surface area contributed by atoms with Crippen molar-refractivity contribution in [3.8, 4) is 22.0 Å². The highest BCUT2D eigenvalue weighted by Gasteiger charge is 2.14. The van der Waals surface area contributed by atoms with Crippen LogP contribution >= 0.6 is 11.3 Å². The van der Waals surface area contributed by atoms with Crippen LogP contribution in [0.4, 0.5) is 4.39 Å². The summed E-state index contributed by atoms with van der Waals surface area (Å²) in [4.78, 5) is 4.77. The summed E-state index contributed by atoms with van der Waals surface area (Å²) in [7, 11) is 0. The second-order valence-corrected chi connectivity index (χ2v) is 5.33. The molecule has 3 aromatic heterocycles. The van der Waals surface area contributed by atoms with Crippen LogP contribution in [0, 0.1) is 5.82 Å². The summed E-state index contributed by atoms with van der Waals surface area (Å²) in [5.41, 5.74) is 1.70. The summed E-state index contributed by atoms with van der Waals surface area (Å²) in [5.74, 6) is 0.310. The SMILES string of the molecule is Fc1ccc(-c2nnc3sc(-c4cccnc4)nn23)cc1. The third-order valence-corrected chi connectivity index (χ3v) is 3.95. The molecule has 4 rings (SSSR count). The third-order valence-electron chi connectivity index (χ3n) is 3.00. The van der Waals surface area contributed by atoms with Crippen molar-refractivity contribution < 1.29 is 4.39 Å². The Hall–Kier alpha value is -2.67. The Morgan fingerprint density at radius 2 is 1.86 bits per heavy atom. The zero-order chi connectivity index (χ0) is 14.2. The summed E-state index contributed by atoms with van der Waals surface area (Å²) < 4.78 is 14.7. The Balaban J connectivity index is 1.85. The van der Waals surface area contributed by atoms with Gasteiger partial charge in [0.2, 0.25) is 4.96 Å². The van der Waals surface area contributed by atoms with Crippen molar-refractivity contribution in [2.75, 3.05) is 0 Å². The molecule has 0 atom stereocenters. The van der Waals surface area contributed by atoms with Gasteiger partial charge in [-0.05, 0) is 36.4 Å². The molecule has 21 heavy (non-hydrogen) atoms. The van der Waals surface area contributed by atoms with Gasteiger partial charge in [0.25, 0.3) is 0 Å². The molecule has 102 valence electrons. The number of aromatic nitrogens is 5. The van der Waals surface area contributed by atoms with Crippen LogP contribution in [0.2, 0.25) is 0 Å². The Bertz CT molecular complexity index is 898. The Labute approximate surface area is 122 Å². The molecule has 0 spiro atoms. The number of pyridine rings is 1. The molecule has 0 fully saturated rings. The summed E-state index contributed by atoms with van der Waals surface area (Å²) >= 11 is 1.43. The van der Waals surface area contributed by atoms with Gasteiger partial charge in [-0.25, -0.2) is 4.39 Å². The van der Waals surface area contributed by atoms with Crippen molar-refractivity contribution >= 4 is 16.3 Å². The normalized spacial score (nSPS) is 11.1. The van der Waals surface area contributed by atoms with E-state index < -0.39 is 0 Å². The molecule has 0 unspecified atom stereocenters. The second-order valence-electron chi connectivity index (χ2n) is 4.37. The van der Waals surface area contributed by atoms with E-state index in [0.29, 0.717) is 10.8 Å². The Kier molecular flexibility index (Phi) is 2.71. The zero-order valence-corrected chi connectivity index (χ0v) is 11.5. The molecule has 0 aliphatic heterocycles. The fourth-order valence-corrected chi connectivity index (χ4v) is 2.83. The van der Waals surface area contributed by atoms with E-state index in [4.69, 9.17) is 0 Å². The van der Waals surface area contributed by atoms with E-state index in [9.17, 15) is 4.39 Å². The third kappa shape index (κ3) is 2.07. The Morgan fingerprint density at radius 3 is 2.62 bits per heavy atom. The first kappa shape index (κ1) is 12.1. The van der Waals surface area contributed by atoms with Crippen molar-refractivity contribution in [2.24, 2.45) is 0 Å². The molecule has 5 nitrogen and oxygen atoms in total. The van der Waals surface area contributed by atoms with Crippen molar-refractivity contribution in [1.29, 1.82) is 0 Å². The number of hydrogen-bond acceptors (Lipinski definition) is 5. The minimum atomic E-state index is -0.283. The highest BCUT2D eigenvalue weighted by atomic mass is 32.1. The van der Waals surface area contributed by atoms with E-state index in [-0.39, 0.29) is 5.82 Å². The molecule has 0 saturated heterocycles. The van der Waals surface area contributed by atoms with Gasteiger partial charge in [0.05, 0.1) is 0 Å². The lowest BCUT2D eigenvalue weighted by Crippen LogP contribution is -1.91. The van der Waals surface area contributed by atoms with Crippen LogP contribution in [0.1, 0.15) is 0 Å². The predicted octanol–water partition coefficient (Wildman–Crippen LogP) is 3.05. The number of nitrogens with zero attached hydrogens (tertiary/aromatic N) is 5. The smallest absolute Gasteiger partial charge is 0.235 e. The number of fused-ring (bicyclic) bond motifs is 1. The average Bonchev–Trinajstić information content (AvgIpc) is 3.09. The van der Waals surface area contributed by atoms with Crippen LogP contribution in [-0.4, -0.2) is 24.8 Å². The second kappa shape index (κ2) is 4.71. The molecule has 0 radical (unpaired) electrons. The van der Waals surface area contributed by atoms with Gasteiger partial charge >= 0.3 is 0 Å². The minimum absolute atomic E-state index is 0.283. The first-order valence-electron chi connectivity index (χ1n) is 6.20. The fraction of sp³-hybridized carbons (Fsp3) is 0. The van der Waals surface area contributed by atoms with Crippen molar-refractivity contribution in [1.82, 2.24) is 24.8 Å². The monoisotopic (exact) mass is 297 g/mol. The highest BCUT2D eigenvalue weighted by molar-refractivity contribution is 7.19. The lowest BCUT2D eigenvalue weighted by atomic mass is 10.2. The van der Waals surface area contributed by atoms with Gasteiger partial charge in [-0.2, -0.15) is 9.61 Å². The number of halogens is 1. The van der Waals surface area contributed by atoms with E-state index in [2.05, 4.69) is 20.3 Å². The van der Waals surface area contributed by atoms with Gasteiger partial charge < -0.3 is 0 Å². The molecule has 0 aliphatic rings. The van der Waals surface area contributed by atoms with Gasteiger partial charge in [-0.3, -0.25) is 4.98 Å². The summed E-state index contributed by atoms with van der Waals surface area (Å²) in [6.07, 6.45) is 3.47. The van der Waals surface area contributed by atoms with Gasteiger partial charge in [-0.1, -0.05) is 11.3 Å². The van der Waals surface area contributed by atoms with E-state index in [1.807, 2.05) is 12.1 Å². The largest absolute Gasteiger partial charge is 0.264 e. The first-order chi connectivity index (χ1) is 10.3. The molecule has 0 amide bonds. The summed E-state index contributed by atoms with van der Waals surface area (Å²) in [6.45, 7) is 0. The predicted molar refractivity (Wildman–Crippen MR) is 77.3 cm³/mol. The summed E-state index contributed by atoms with van der Waals surface area (Å²) in [6, 6.07) is 9.91. The molecule has 0 N–H and O–H groups in total. The van der Waals surface area contributed by atoms with Gasteiger partial charge in [-0.15, -0.1) is 10.2 Å². The highest BCUT2D eigenvalue weighted by Crippen LogP contribution is 2.27. The topological polar surface area (TPSA) is 56.0 Å².